The Hall–Kier alpha value is -1.39. The van der Waals surface area contributed by atoms with E-state index >= 15 is 0 Å². The monoisotopic (exact) mass is 283 g/mol. The Morgan fingerprint density at radius 3 is 2.61 bits per heavy atom. The average Bonchev–Trinajstić information content (AvgIpc) is 2.34. The number of nitrogens with two attached hydrogens (primary N) is 1. The van der Waals surface area contributed by atoms with Crippen LogP contribution in [-0.2, 0) is 16.6 Å². The highest BCUT2D eigenvalue weighted by Gasteiger charge is 2.10. The summed E-state index contributed by atoms with van der Waals surface area (Å²) in [4.78, 5) is 0.552. The van der Waals surface area contributed by atoms with Crippen molar-refractivity contribution in [1.29, 1.82) is 0 Å². The number of hydrogen-bond donors (Lipinski definition) is 1. The molecule has 18 heavy (non-hydrogen) atoms. The van der Waals surface area contributed by atoms with Crippen LogP contribution in [0.2, 0.25) is 5.02 Å². The molecule has 0 saturated carbocycles. The van der Waals surface area contributed by atoms with Gasteiger partial charge in [-0.25, -0.2) is 4.39 Å². The summed E-state index contributed by atoms with van der Waals surface area (Å²) in [6.07, 6.45) is 0. The molecule has 0 amide bonds. The van der Waals surface area contributed by atoms with E-state index in [1.807, 2.05) is 0 Å². The molecule has 1 atom stereocenters. The first kappa shape index (κ1) is 13.1. The third-order valence-corrected chi connectivity index (χ3v) is 4.33. The Kier molecular flexibility index (Phi) is 3.99. The van der Waals surface area contributed by atoms with Crippen LogP contribution in [0.4, 0.5) is 10.1 Å². The number of nitrogen functional groups attached to an aromatic ring is 1. The molecular formula is C13H11ClFNOS. The molecule has 94 valence electrons. The fourth-order valence-corrected chi connectivity index (χ4v) is 3.07. The molecule has 0 aliphatic rings. The first-order chi connectivity index (χ1) is 8.58. The van der Waals surface area contributed by atoms with Crippen LogP contribution in [0.1, 0.15) is 5.56 Å². The molecule has 5 heteroatoms. The molecule has 2 N–H and O–H groups in total. The van der Waals surface area contributed by atoms with Crippen LogP contribution in [0.15, 0.2) is 47.4 Å². The number of hydrogen-bond acceptors (Lipinski definition) is 2. The van der Waals surface area contributed by atoms with Crippen molar-refractivity contribution in [2.45, 2.75) is 10.6 Å². The van der Waals surface area contributed by atoms with Crippen molar-refractivity contribution in [3.05, 3.63) is 58.9 Å². The lowest BCUT2D eigenvalue weighted by molar-refractivity contribution is 0.631. The van der Waals surface area contributed by atoms with Crippen molar-refractivity contribution in [3.8, 4) is 0 Å². The van der Waals surface area contributed by atoms with E-state index in [4.69, 9.17) is 17.3 Å². The second kappa shape index (κ2) is 5.50. The Morgan fingerprint density at radius 1 is 1.22 bits per heavy atom. The fraction of sp³-hybridized carbons (Fsp3) is 0.0769. The minimum absolute atomic E-state index is 0.0854. The number of rotatable bonds is 3. The van der Waals surface area contributed by atoms with Gasteiger partial charge in [-0.15, -0.1) is 0 Å². The molecule has 1 unspecified atom stereocenters. The number of benzene rings is 2. The van der Waals surface area contributed by atoms with Gasteiger partial charge in [0.25, 0.3) is 0 Å². The predicted octanol–water partition coefficient (Wildman–Crippen LogP) is 3.37. The van der Waals surface area contributed by atoms with E-state index in [0.29, 0.717) is 15.5 Å². The molecule has 0 aliphatic carbocycles. The summed E-state index contributed by atoms with van der Waals surface area (Å²) in [6.45, 7) is 0. The van der Waals surface area contributed by atoms with E-state index in [1.165, 1.54) is 12.1 Å². The molecule has 0 aromatic heterocycles. The van der Waals surface area contributed by atoms with Crippen LogP contribution in [0.3, 0.4) is 0 Å². The molecule has 2 rings (SSSR count). The average molecular weight is 284 g/mol. The van der Waals surface area contributed by atoms with Crippen LogP contribution >= 0.6 is 11.6 Å². The van der Waals surface area contributed by atoms with Gasteiger partial charge in [0.05, 0.1) is 32.2 Å². The van der Waals surface area contributed by atoms with Gasteiger partial charge in [0.15, 0.2) is 0 Å². The third kappa shape index (κ3) is 2.89. The Balaban J connectivity index is 2.22. The highest BCUT2D eigenvalue weighted by atomic mass is 35.5. The lowest BCUT2D eigenvalue weighted by Crippen LogP contribution is -1.99. The lowest BCUT2D eigenvalue weighted by atomic mass is 10.2. The van der Waals surface area contributed by atoms with Crippen molar-refractivity contribution >= 4 is 28.1 Å². The Labute approximate surface area is 112 Å². The second-order valence-electron chi connectivity index (χ2n) is 3.78. The molecule has 0 spiro atoms. The summed E-state index contributed by atoms with van der Waals surface area (Å²) < 4.78 is 25.4. The van der Waals surface area contributed by atoms with Crippen molar-refractivity contribution in [1.82, 2.24) is 0 Å². The molecule has 2 aromatic rings. The molecule has 0 fully saturated rings. The van der Waals surface area contributed by atoms with E-state index in [1.54, 1.807) is 30.3 Å². The molecule has 0 radical (unpaired) electrons. The van der Waals surface area contributed by atoms with Crippen molar-refractivity contribution < 1.29 is 8.60 Å². The number of anilines is 1. The quantitative estimate of drug-likeness (QED) is 0.878. The third-order valence-electron chi connectivity index (χ3n) is 2.44. The van der Waals surface area contributed by atoms with Gasteiger partial charge in [0.2, 0.25) is 0 Å². The Bertz CT molecular complexity index is 603. The maximum atomic E-state index is 13.3. The maximum absolute atomic E-state index is 13.3. The zero-order chi connectivity index (χ0) is 13.1. The standard InChI is InChI=1S/C13H11ClFNOS/c14-10-3-1-2-4-13(10)18(17)8-9-5-6-12(16)11(15)7-9/h1-7H,8,16H2. The topological polar surface area (TPSA) is 43.1 Å². The summed E-state index contributed by atoms with van der Waals surface area (Å²) >= 11 is 5.95. The van der Waals surface area contributed by atoms with Gasteiger partial charge in [0, 0.05) is 0 Å². The van der Waals surface area contributed by atoms with Crippen LogP contribution in [0.25, 0.3) is 0 Å². The highest BCUT2D eigenvalue weighted by Crippen LogP contribution is 2.22. The maximum Gasteiger partial charge on any atom is 0.146 e. The Morgan fingerprint density at radius 2 is 1.94 bits per heavy atom. The zero-order valence-corrected chi connectivity index (χ0v) is 11.0. The molecular weight excluding hydrogens is 273 g/mol. The van der Waals surface area contributed by atoms with Gasteiger partial charge in [-0.1, -0.05) is 29.8 Å². The molecule has 2 nitrogen and oxygen atoms in total. The van der Waals surface area contributed by atoms with Crippen LogP contribution in [0.5, 0.6) is 0 Å². The molecule has 0 heterocycles. The van der Waals surface area contributed by atoms with E-state index in [2.05, 4.69) is 0 Å². The van der Waals surface area contributed by atoms with Gasteiger partial charge in [-0.3, -0.25) is 4.21 Å². The summed E-state index contributed by atoms with van der Waals surface area (Å²) in [5.41, 5.74) is 6.09. The first-order valence-electron chi connectivity index (χ1n) is 5.25. The van der Waals surface area contributed by atoms with Crippen LogP contribution < -0.4 is 5.73 Å². The van der Waals surface area contributed by atoms with Gasteiger partial charge in [-0.05, 0) is 29.8 Å². The van der Waals surface area contributed by atoms with Gasteiger partial charge in [-0.2, -0.15) is 0 Å². The molecule has 0 saturated heterocycles. The smallest absolute Gasteiger partial charge is 0.146 e. The van der Waals surface area contributed by atoms with Crippen LogP contribution in [-0.4, -0.2) is 4.21 Å². The summed E-state index contributed by atoms with van der Waals surface area (Å²) in [5, 5.41) is 0.451. The normalized spacial score (nSPS) is 12.3. The van der Waals surface area contributed by atoms with Crippen molar-refractivity contribution in [2.75, 3.05) is 5.73 Å². The van der Waals surface area contributed by atoms with E-state index in [9.17, 15) is 8.60 Å². The predicted molar refractivity (Wildman–Crippen MR) is 72.4 cm³/mol. The minimum atomic E-state index is -1.30. The fourth-order valence-electron chi connectivity index (χ4n) is 1.52. The van der Waals surface area contributed by atoms with Gasteiger partial charge < -0.3 is 5.73 Å². The summed E-state index contributed by atoms with van der Waals surface area (Å²) in [5.74, 6) is -0.287. The summed E-state index contributed by atoms with van der Waals surface area (Å²) in [7, 11) is -1.30. The lowest BCUT2D eigenvalue weighted by Gasteiger charge is -2.05. The van der Waals surface area contributed by atoms with Crippen molar-refractivity contribution in [3.63, 3.8) is 0 Å². The zero-order valence-electron chi connectivity index (χ0n) is 9.40. The minimum Gasteiger partial charge on any atom is -0.396 e. The highest BCUT2D eigenvalue weighted by molar-refractivity contribution is 7.84. The molecule has 0 aliphatic heterocycles. The molecule has 0 bridgehead atoms. The van der Waals surface area contributed by atoms with Crippen LogP contribution in [0, 0.1) is 5.82 Å². The SMILES string of the molecule is Nc1ccc(CS(=O)c2ccccc2Cl)cc1F. The molecule has 2 aromatic carbocycles. The van der Waals surface area contributed by atoms with Gasteiger partial charge in [0.1, 0.15) is 5.82 Å². The van der Waals surface area contributed by atoms with E-state index in [-0.39, 0.29) is 11.4 Å². The van der Waals surface area contributed by atoms with E-state index in [0.717, 1.165) is 0 Å². The van der Waals surface area contributed by atoms with Gasteiger partial charge >= 0.3 is 0 Å². The van der Waals surface area contributed by atoms with Crippen molar-refractivity contribution in [2.24, 2.45) is 0 Å². The first-order valence-corrected chi connectivity index (χ1v) is 6.94. The summed E-state index contributed by atoms with van der Waals surface area (Å²) in [6, 6.07) is 11.3. The number of halogens is 2. The second-order valence-corrected chi connectivity index (χ2v) is 5.60. The largest absolute Gasteiger partial charge is 0.396 e. The van der Waals surface area contributed by atoms with E-state index < -0.39 is 16.6 Å².